The number of aliphatic hydroxyl groups excluding tert-OH is 1. The van der Waals surface area contributed by atoms with Crippen molar-refractivity contribution in [1.29, 1.82) is 0 Å². The summed E-state index contributed by atoms with van der Waals surface area (Å²) in [6.45, 7) is 3.91. The molecular formula is C24H20N2O3. The van der Waals surface area contributed by atoms with Gasteiger partial charge in [0.05, 0.1) is 11.6 Å². The highest BCUT2D eigenvalue weighted by Gasteiger charge is 2.46. The summed E-state index contributed by atoms with van der Waals surface area (Å²) in [5.74, 6) is -1.56. The third-order valence-electron chi connectivity index (χ3n) is 5.07. The third-order valence-corrected chi connectivity index (χ3v) is 5.07. The van der Waals surface area contributed by atoms with Gasteiger partial charge in [-0.2, -0.15) is 0 Å². The minimum atomic E-state index is -0.717. The molecule has 1 aliphatic heterocycles. The molecular weight excluding hydrogens is 364 g/mol. The number of carbonyl (C=O) groups excluding carboxylic acids is 2. The topological polar surface area (TPSA) is 70.5 Å². The predicted molar refractivity (Wildman–Crippen MR) is 111 cm³/mol. The first kappa shape index (κ1) is 18.6. The summed E-state index contributed by atoms with van der Waals surface area (Å²) in [6, 6.07) is 17.6. The van der Waals surface area contributed by atoms with E-state index in [9.17, 15) is 14.7 Å². The molecule has 0 bridgehead atoms. The van der Waals surface area contributed by atoms with Crippen molar-refractivity contribution in [2.24, 2.45) is 0 Å². The number of aromatic nitrogens is 1. The minimum Gasteiger partial charge on any atom is -0.507 e. The van der Waals surface area contributed by atoms with Crippen molar-refractivity contribution >= 4 is 23.1 Å². The molecule has 1 aliphatic rings. The molecule has 5 heteroatoms. The average molecular weight is 384 g/mol. The van der Waals surface area contributed by atoms with Crippen LogP contribution in [0.5, 0.6) is 0 Å². The van der Waals surface area contributed by atoms with Crippen molar-refractivity contribution in [1.82, 2.24) is 4.98 Å². The molecule has 1 amide bonds. The Hall–Kier alpha value is -3.73. The number of Topliss-reactive ketones (excluding diaryl/α,β-unsaturated/α-hetero) is 1. The summed E-state index contributed by atoms with van der Waals surface area (Å²) in [5.41, 5.74) is 3.94. The second kappa shape index (κ2) is 7.36. The van der Waals surface area contributed by atoms with Crippen LogP contribution in [0.2, 0.25) is 0 Å². The van der Waals surface area contributed by atoms with E-state index in [-0.39, 0.29) is 11.3 Å². The highest BCUT2D eigenvalue weighted by Crippen LogP contribution is 2.42. The van der Waals surface area contributed by atoms with E-state index in [4.69, 9.17) is 0 Å². The van der Waals surface area contributed by atoms with Gasteiger partial charge in [0.15, 0.2) is 0 Å². The number of pyridine rings is 1. The highest BCUT2D eigenvalue weighted by atomic mass is 16.3. The number of anilines is 1. The lowest BCUT2D eigenvalue weighted by Crippen LogP contribution is -2.29. The van der Waals surface area contributed by atoms with Crippen molar-refractivity contribution in [2.45, 2.75) is 19.9 Å². The Morgan fingerprint density at radius 1 is 0.931 bits per heavy atom. The Balaban J connectivity index is 1.96. The SMILES string of the molecule is Cc1ccc(N2C(=O)C(=O)/C(=C(\O)c3ccncc3)C2c2cccc(C)c2)cc1. The van der Waals surface area contributed by atoms with E-state index < -0.39 is 17.7 Å². The number of aliphatic hydroxyl groups is 1. The van der Waals surface area contributed by atoms with Gasteiger partial charge >= 0.3 is 0 Å². The molecule has 4 rings (SSSR count). The zero-order valence-electron chi connectivity index (χ0n) is 16.2. The third kappa shape index (κ3) is 3.31. The van der Waals surface area contributed by atoms with Crippen LogP contribution >= 0.6 is 0 Å². The fraction of sp³-hybridized carbons (Fsp3) is 0.125. The summed E-state index contributed by atoms with van der Waals surface area (Å²) in [6.07, 6.45) is 3.07. The van der Waals surface area contributed by atoms with Crippen molar-refractivity contribution in [3.63, 3.8) is 0 Å². The van der Waals surface area contributed by atoms with Crippen LogP contribution in [0.25, 0.3) is 5.76 Å². The second-order valence-corrected chi connectivity index (χ2v) is 7.15. The van der Waals surface area contributed by atoms with Gasteiger partial charge in [-0.1, -0.05) is 47.5 Å². The van der Waals surface area contributed by atoms with Crippen molar-refractivity contribution in [3.05, 3.63) is 101 Å². The number of aryl methyl sites for hydroxylation is 2. The van der Waals surface area contributed by atoms with Crippen LogP contribution < -0.4 is 4.90 Å². The molecule has 0 radical (unpaired) electrons. The Bertz CT molecular complexity index is 1120. The molecule has 0 spiro atoms. The fourth-order valence-corrected chi connectivity index (χ4v) is 3.63. The summed E-state index contributed by atoms with van der Waals surface area (Å²) < 4.78 is 0. The van der Waals surface area contributed by atoms with E-state index in [1.807, 2.05) is 62.4 Å². The lowest BCUT2D eigenvalue weighted by atomic mass is 9.94. The van der Waals surface area contributed by atoms with E-state index in [1.165, 1.54) is 17.3 Å². The summed E-state index contributed by atoms with van der Waals surface area (Å²) in [5, 5.41) is 11.0. The summed E-state index contributed by atoms with van der Waals surface area (Å²) in [7, 11) is 0. The number of hydrogen-bond donors (Lipinski definition) is 1. The van der Waals surface area contributed by atoms with Crippen molar-refractivity contribution < 1.29 is 14.7 Å². The average Bonchev–Trinajstić information content (AvgIpc) is 3.00. The lowest BCUT2D eigenvalue weighted by Gasteiger charge is -2.25. The van der Waals surface area contributed by atoms with Gasteiger partial charge in [0.2, 0.25) is 0 Å². The maximum absolute atomic E-state index is 13.0. The fourth-order valence-electron chi connectivity index (χ4n) is 3.63. The molecule has 2 heterocycles. The number of carbonyl (C=O) groups is 2. The summed E-state index contributed by atoms with van der Waals surface area (Å²) in [4.78, 5) is 31.5. The van der Waals surface area contributed by atoms with Gasteiger partial charge in [-0.15, -0.1) is 0 Å². The molecule has 1 fully saturated rings. The first-order chi connectivity index (χ1) is 14.0. The van der Waals surface area contributed by atoms with E-state index in [1.54, 1.807) is 12.1 Å². The molecule has 0 saturated carbocycles. The lowest BCUT2D eigenvalue weighted by molar-refractivity contribution is -0.132. The smallest absolute Gasteiger partial charge is 0.300 e. The normalized spacial score (nSPS) is 18.3. The predicted octanol–water partition coefficient (Wildman–Crippen LogP) is 4.32. The molecule has 5 nitrogen and oxygen atoms in total. The molecule has 1 atom stereocenters. The summed E-state index contributed by atoms with van der Waals surface area (Å²) >= 11 is 0. The molecule has 144 valence electrons. The molecule has 1 aromatic heterocycles. The molecule has 3 aromatic rings. The van der Waals surface area contributed by atoms with E-state index >= 15 is 0 Å². The van der Waals surface area contributed by atoms with E-state index in [2.05, 4.69) is 4.98 Å². The maximum atomic E-state index is 13.0. The standard InChI is InChI=1S/C24H20N2O3/c1-15-6-8-19(9-7-15)26-21(18-5-3-4-16(2)14-18)20(23(28)24(26)29)22(27)17-10-12-25-13-11-17/h3-14,21,27H,1-2H3/b22-20-. The van der Waals surface area contributed by atoms with Crippen LogP contribution in [-0.2, 0) is 9.59 Å². The molecule has 1 unspecified atom stereocenters. The number of rotatable bonds is 3. The maximum Gasteiger partial charge on any atom is 0.300 e. The zero-order chi connectivity index (χ0) is 20.5. The molecule has 1 saturated heterocycles. The number of amides is 1. The number of benzene rings is 2. The largest absolute Gasteiger partial charge is 0.507 e. The Morgan fingerprint density at radius 3 is 2.28 bits per heavy atom. The van der Waals surface area contributed by atoms with Crippen molar-refractivity contribution in [3.8, 4) is 0 Å². The van der Waals surface area contributed by atoms with Gasteiger partial charge in [-0.3, -0.25) is 19.5 Å². The van der Waals surface area contributed by atoms with Gasteiger partial charge < -0.3 is 5.11 Å². The van der Waals surface area contributed by atoms with Crippen LogP contribution in [0.15, 0.2) is 78.6 Å². The van der Waals surface area contributed by atoms with Gasteiger partial charge in [-0.25, -0.2) is 0 Å². The van der Waals surface area contributed by atoms with Gasteiger partial charge in [-0.05, 0) is 43.7 Å². The van der Waals surface area contributed by atoms with Crippen LogP contribution in [0, 0.1) is 13.8 Å². The monoisotopic (exact) mass is 384 g/mol. The Morgan fingerprint density at radius 2 is 1.62 bits per heavy atom. The zero-order valence-corrected chi connectivity index (χ0v) is 16.2. The molecule has 1 N–H and O–H groups in total. The number of hydrogen-bond acceptors (Lipinski definition) is 4. The highest BCUT2D eigenvalue weighted by molar-refractivity contribution is 6.51. The van der Waals surface area contributed by atoms with Crippen LogP contribution in [0.3, 0.4) is 0 Å². The van der Waals surface area contributed by atoms with Crippen molar-refractivity contribution in [2.75, 3.05) is 4.90 Å². The van der Waals surface area contributed by atoms with E-state index in [0.717, 1.165) is 16.7 Å². The number of nitrogens with zero attached hydrogens (tertiary/aromatic N) is 2. The quantitative estimate of drug-likeness (QED) is 0.415. The first-order valence-electron chi connectivity index (χ1n) is 9.32. The van der Waals surface area contributed by atoms with Gasteiger partial charge in [0.25, 0.3) is 11.7 Å². The minimum absolute atomic E-state index is 0.0763. The van der Waals surface area contributed by atoms with Gasteiger partial charge in [0.1, 0.15) is 5.76 Å². The second-order valence-electron chi connectivity index (χ2n) is 7.15. The molecule has 0 aliphatic carbocycles. The van der Waals surface area contributed by atoms with Gasteiger partial charge in [0, 0.05) is 23.6 Å². The number of ketones is 1. The van der Waals surface area contributed by atoms with E-state index in [0.29, 0.717) is 11.3 Å². The van der Waals surface area contributed by atoms with Crippen LogP contribution in [0.4, 0.5) is 5.69 Å². The van der Waals surface area contributed by atoms with Crippen LogP contribution in [0.1, 0.15) is 28.3 Å². The molecule has 29 heavy (non-hydrogen) atoms. The Labute approximate surface area is 169 Å². The van der Waals surface area contributed by atoms with Crippen LogP contribution in [-0.4, -0.2) is 21.8 Å². The Kier molecular flexibility index (Phi) is 4.72. The first-order valence-corrected chi connectivity index (χ1v) is 9.32. The molecule has 2 aromatic carbocycles.